The van der Waals surface area contributed by atoms with Crippen LogP contribution in [-0.4, -0.2) is 55.7 Å². The number of carbonyl (C=O) groups excluding carboxylic acids is 1. The molecule has 2 atom stereocenters. The van der Waals surface area contributed by atoms with Crippen LogP contribution in [0.15, 0.2) is 48.5 Å². The fourth-order valence-corrected chi connectivity index (χ4v) is 4.37. The van der Waals surface area contributed by atoms with E-state index in [9.17, 15) is 4.79 Å². The van der Waals surface area contributed by atoms with Crippen LogP contribution in [0.5, 0.6) is 11.5 Å². The Kier molecular flexibility index (Phi) is 6.66. The van der Waals surface area contributed by atoms with Gasteiger partial charge in [-0.15, -0.1) is 0 Å². The number of benzene rings is 2. The third kappa shape index (κ3) is 4.96. The first-order chi connectivity index (χ1) is 15.0. The molecule has 0 aliphatic carbocycles. The predicted octanol–water partition coefficient (Wildman–Crippen LogP) is 3.62. The Labute approximate surface area is 185 Å². The lowest BCUT2D eigenvalue weighted by atomic mass is 10.00. The molecule has 1 saturated heterocycles. The number of amides is 1. The lowest BCUT2D eigenvalue weighted by molar-refractivity contribution is -0.127. The van der Waals surface area contributed by atoms with Gasteiger partial charge < -0.3 is 19.7 Å². The SMILES string of the molecule is CC(C)Oc1ccccc1N1CCN([C@H](C)C(=O)N[C@@H]2CCOc3ccccc32)CC1. The normalized spacial score (nSPS) is 20.0. The average molecular weight is 424 g/mol. The maximum Gasteiger partial charge on any atom is 0.237 e. The summed E-state index contributed by atoms with van der Waals surface area (Å²) >= 11 is 0. The summed E-state index contributed by atoms with van der Waals surface area (Å²) in [4.78, 5) is 17.6. The van der Waals surface area contributed by atoms with Crippen molar-refractivity contribution in [3.8, 4) is 11.5 Å². The zero-order valence-corrected chi connectivity index (χ0v) is 18.7. The smallest absolute Gasteiger partial charge is 0.237 e. The summed E-state index contributed by atoms with van der Waals surface area (Å²) < 4.78 is 11.7. The predicted molar refractivity (Wildman–Crippen MR) is 123 cm³/mol. The Balaban J connectivity index is 1.35. The zero-order valence-electron chi connectivity index (χ0n) is 18.7. The molecular formula is C25H33N3O3. The van der Waals surface area contributed by atoms with Crippen molar-refractivity contribution < 1.29 is 14.3 Å². The number of anilines is 1. The fraction of sp³-hybridized carbons (Fsp3) is 0.480. The van der Waals surface area contributed by atoms with Gasteiger partial charge in [-0.3, -0.25) is 9.69 Å². The van der Waals surface area contributed by atoms with Crippen LogP contribution in [0.1, 0.15) is 38.8 Å². The molecule has 2 aliphatic rings. The Morgan fingerprint density at radius 1 is 1.03 bits per heavy atom. The van der Waals surface area contributed by atoms with Gasteiger partial charge in [-0.25, -0.2) is 0 Å². The van der Waals surface area contributed by atoms with E-state index in [1.165, 1.54) is 0 Å². The van der Waals surface area contributed by atoms with Crippen LogP contribution >= 0.6 is 0 Å². The summed E-state index contributed by atoms with van der Waals surface area (Å²) in [5.74, 6) is 1.89. The molecule has 1 amide bonds. The van der Waals surface area contributed by atoms with Gasteiger partial charge in [-0.2, -0.15) is 0 Å². The Hall–Kier alpha value is -2.73. The van der Waals surface area contributed by atoms with Crippen molar-refractivity contribution in [1.29, 1.82) is 0 Å². The number of fused-ring (bicyclic) bond motifs is 1. The minimum atomic E-state index is -0.167. The van der Waals surface area contributed by atoms with E-state index in [2.05, 4.69) is 27.2 Å². The molecule has 2 aromatic rings. The molecule has 1 N–H and O–H groups in total. The summed E-state index contributed by atoms with van der Waals surface area (Å²) in [7, 11) is 0. The molecule has 2 aliphatic heterocycles. The highest BCUT2D eigenvalue weighted by Crippen LogP contribution is 2.32. The second-order valence-electron chi connectivity index (χ2n) is 8.57. The zero-order chi connectivity index (χ0) is 21.8. The molecule has 0 spiro atoms. The molecule has 1 fully saturated rings. The van der Waals surface area contributed by atoms with E-state index in [-0.39, 0.29) is 24.1 Å². The molecule has 6 nitrogen and oxygen atoms in total. The Morgan fingerprint density at radius 3 is 2.52 bits per heavy atom. The lowest BCUT2D eigenvalue weighted by Crippen LogP contribution is -2.54. The van der Waals surface area contributed by atoms with Crippen molar-refractivity contribution in [3.63, 3.8) is 0 Å². The molecule has 166 valence electrons. The molecular weight excluding hydrogens is 390 g/mol. The molecule has 0 aromatic heterocycles. The van der Waals surface area contributed by atoms with Crippen LogP contribution in [0, 0.1) is 0 Å². The monoisotopic (exact) mass is 423 g/mol. The number of carbonyl (C=O) groups is 1. The van der Waals surface area contributed by atoms with Crippen molar-refractivity contribution in [2.45, 2.75) is 45.4 Å². The Morgan fingerprint density at radius 2 is 1.74 bits per heavy atom. The second kappa shape index (κ2) is 9.60. The summed E-state index contributed by atoms with van der Waals surface area (Å²) in [5.41, 5.74) is 2.20. The maximum atomic E-state index is 13.0. The number of para-hydroxylation sites is 3. The van der Waals surface area contributed by atoms with Crippen LogP contribution < -0.4 is 19.7 Å². The van der Waals surface area contributed by atoms with E-state index in [0.717, 1.165) is 55.3 Å². The van der Waals surface area contributed by atoms with Crippen molar-refractivity contribution >= 4 is 11.6 Å². The number of nitrogens with one attached hydrogen (secondary N) is 1. The quantitative estimate of drug-likeness (QED) is 0.769. The van der Waals surface area contributed by atoms with E-state index in [1.54, 1.807) is 0 Å². The largest absolute Gasteiger partial charge is 0.493 e. The number of ether oxygens (including phenoxy) is 2. The van der Waals surface area contributed by atoms with Gasteiger partial charge in [0.2, 0.25) is 5.91 Å². The van der Waals surface area contributed by atoms with E-state index in [4.69, 9.17) is 9.47 Å². The number of piperazine rings is 1. The van der Waals surface area contributed by atoms with Crippen LogP contribution in [0.3, 0.4) is 0 Å². The highest BCUT2D eigenvalue weighted by Gasteiger charge is 2.29. The van der Waals surface area contributed by atoms with Crippen LogP contribution in [0.25, 0.3) is 0 Å². The molecule has 0 unspecified atom stereocenters. The van der Waals surface area contributed by atoms with Gasteiger partial charge in [0.15, 0.2) is 0 Å². The number of rotatable bonds is 6. The molecule has 0 radical (unpaired) electrons. The van der Waals surface area contributed by atoms with Crippen LogP contribution in [-0.2, 0) is 4.79 Å². The third-order valence-corrected chi connectivity index (χ3v) is 6.09. The number of hydrogen-bond donors (Lipinski definition) is 1. The van der Waals surface area contributed by atoms with E-state index < -0.39 is 0 Å². The second-order valence-corrected chi connectivity index (χ2v) is 8.57. The van der Waals surface area contributed by atoms with Crippen LogP contribution in [0.4, 0.5) is 5.69 Å². The summed E-state index contributed by atoms with van der Waals surface area (Å²) in [6, 6.07) is 16.0. The van der Waals surface area contributed by atoms with E-state index in [1.807, 2.05) is 57.2 Å². The van der Waals surface area contributed by atoms with E-state index >= 15 is 0 Å². The van der Waals surface area contributed by atoms with Gasteiger partial charge in [0.25, 0.3) is 0 Å². The van der Waals surface area contributed by atoms with Gasteiger partial charge in [0.05, 0.1) is 30.5 Å². The first kappa shape index (κ1) is 21.5. The van der Waals surface area contributed by atoms with Crippen molar-refractivity contribution in [1.82, 2.24) is 10.2 Å². The van der Waals surface area contributed by atoms with Crippen molar-refractivity contribution in [2.75, 3.05) is 37.7 Å². The molecule has 2 heterocycles. The molecule has 0 saturated carbocycles. The highest BCUT2D eigenvalue weighted by atomic mass is 16.5. The first-order valence-electron chi connectivity index (χ1n) is 11.3. The van der Waals surface area contributed by atoms with Gasteiger partial charge in [0.1, 0.15) is 11.5 Å². The molecule has 4 rings (SSSR count). The van der Waals surface area contributed by atoms with Gasteiger partial charge in [0, 0.05) is 38.2 Å². The molecule has 0 bridgehead atoms. The summed E-state index contributed by atoms with van der Waals surface area (Å²) in [6.45, 7) is 10.2. The van der Waals surface area contributed by atoms with Crippen LogP contribution in [0.2, 0.25) is 0 Å². The number of nitrogens with zero attached hydrogens (tertiary/aromatic N) is 2. The fourth-order valence-electron chi connectivity index (χ4n) is 4.37. The van der Waals surface area contributed by atoms with Crippen molar-refractivity contribution in [3.05, 3.63) is 54.1 Å². The molecule has 31 heavy (non-hydrogen) atoms. The molecule has 6 heteroatoms. The lowest BCUT2D eigenvalue weighted by Gasteiger charge is -2.39. The standard InChI is InChI=1S/C25H33N3O3/c1-18(2)31-24-11-7-5-9-22(24)28-15-13-27(14-16-28)19(3)25(29)26-21-12-17-30-23-10-6-4-8-20(21)23/h4-11,18-19,21H,12-17H2,1-3H3,(H,26,29)/t19-,21-/m1/s1. The summed E-state index contributed by atoms with van der Waals surface area (Å²) in [6.07, 6.45) is 0.942. The average Bonchev–Trinajstić information content (AvgIpc) is 2.79. The number of hydrogen-bond acceptors (Lipinski definition) is 5. The molecule has 2 aromatic carbocycles. The van der Waals surface area contributed by atoms with Crippen molar-refractivity contribution in [2.24, 2.45) is 0 Å². The topological polar surface area (TPSA) is 54.0 Å². The highest BCUT2D eigenvalue weighted by molar-refractivity contribution is 5.82. The van der Waals surface area contributed by atoms with Gasteiger partial charge in [-0.1, -0.05) is 30.3 Å². The summed E-state index contributed by atoms with van der Waals surface area (Å²) in [5, 5.41) is 3.25. The minimum absolute atomic E-state index is 0.0150. The minimum Gasteiger partial charge on any atom is -0.493 e. The van der Waals surface area contributed by atoms with E-state index in [0.29, 0.717) is 6.61 Å². The third-order valence-electron chi connectivity index (χ3n) is 6.09. The van der Waals surface area contributed by atoms with Gasteiger partial charge >= 0.3 is 0 Å². The maximum absolute atomic E-state index is 13.0. The Bertz CT molecular complexity index is 893. The first-order valence-corrected chi connectivity index (χ1v) is 11.3. The van der Waals surface area contributed by atoms with Gasteiger partial charge in [-0.05, 0) is 39.0 Å².